The number of amides is 2. The molecule has 7 heteroatoms. The van der Waals surface area contributed by atoms with Crippen molar-refractivity contribution in [2.24, 2.45) is 0 Å². The van der Waals surface area contributed by atoms with Crippen LogP contribution in [0.4, 0.5) is 10.5 Å². The van der Waals surface area contributed by atoms with Crippen LogP contribution in [0.3, 0.4) is 0 Å². The van der Waals surface area contributed by atoms with Crippen molar-refractivity contribution in [3.8, 4) is 0 Å². The molecule has 0 unspecified atom stereocenters. The van der Waals surface area contributed by atoms with Crippen molar-refractivity contribution in [1.82, 2.24) is 20.0 Å². The number of likely N-dealkylation sites (tertiary alicyclic amines) is 2. The lowest BCUT2D eigenvalue weighted by Gasteiger charge is -2.28. The van der Waals surface area contributed by atoms with Crippen molar-refractivity contribution in [2.75, 3.05) is 38.6 Å². The van der Waals surface area contributed by atoms with E-state index in [-0.39, 0.29) is 18.2 Å². The monoisotopic (exact) mass is 357 g/mol. The Labute approximate surface area is 153 Å². The largest absolute Gasteiger partial charge is 0.380 e. The van der Waals surface area contributed by atoms with Gasteiger partial charge >= 0.3 is 6.03 Å². The minimum absolute atomic E-state index is 0.0491. The van der Waals surface area contributed by atoms with E-state index >= 15 is 0 Å². The first-order valence-corrected chi connectivity index (χ1v) is 9.40. The number of carbonyl (C=O) groups is 1. The number of nitrogens with one attached hydrogen (secondary N) is 2. The Morgan fingerprint density at radius 3 is 2.96 bits per heavy atom. The third kappa shape index (κ3) is 3.41. The predicted molar refractivity (Wildman–Crippen MR) is 101 cm³/mol. The molecule has 2 N–H and O–H groups in total. The summed E-state index contributed by atoms with van der Waals surface area (Å²) >= 11 is 0. The highest BCUT2D eigenvalue weighted by atomic mass is 16.5. The van der Waals surface area contributed by atoms with Crippen LogP contribution in [0, 0.1) is 6.92 Å². The molecule has 0 radical (unpaired) electrons. The second-order valence-corrected chi connectivity index (χ2v) is 7.46. The van der Waals surface area contributed by atoms with Gasteiger partial charge in [0.05, 0.1) is 17.8 Å². The van der Waals surface area contributed by atoms with E-state index in [1.54, 1.807) is 7.11 Å². The fourth-order valence-electron chi connectivity index (χ4n) is 4.23. The van der Waals surface area contributed by atoms with E-state index in [1.807, 2.05) is 30.2 Å². The second-order valence-electron chi connectivity index (χ2n) is 7.46. The molecule has 3 heterocycles. The van der Waals surface area contributed by atoms with Crippen LogP contribution in [-0.2, 0) is 4.74 Å². The van der Waals surface area contributed by atoms with E-state index in [0.717, 1.165) is 48.2 Å². The minimum Gasteiger partial charge on any atom is -0.380 e. The highest BCUT2D eigenvalue weighted by Gasteiger charge is 2.36. The maximum atomic E-state index is 13.0. The van der Waals surface area contributed by atoms with Gasteiger partial charge in [0, 0.05) is 37.3 Å². The van der Waals surface area contributed by atoms with Gasteiger partial charge in [-0.2, -0.15) is 5.10 Å². The molecule has 4 rings (SSSR count). The number of H-pyrrole nitrogens is 1. The molecule has 1 aromatic heterocycles. The first kappa shape index (κ1) is 17.3. The molecule has 2 aliphatic rings. The summed E-state index contributed by atoms with van der Waals surface area (Å²) in [5.74, 6) is 0. The van der Waals surface area contributed by atoms with Crippen LogP contribution in [-0.4, -0.2) is 71.5 Å². The molecule has 2 amide bonds. The Bertz CT molecular complexity index is 783. The average molecular weight is 357 g/mol. The highest BCUT2D eigenvalue weighted by molar-refractivity contribution is 5.93. The van der Waals surface area contributed by atoms with E-state index in [1.165, 1.54) is 12.8 Å². The fraction of sp³-hybridized carbons (Fsp3) is 0.579. The number of urea groups is 1. The normalized spacial score (nSPS) is 23.8. The molecule has 7 nitrogen and oxygen atoms in total. The van der Waals surface area contributed by atoms with Gasteiger partial charge in [0.25, 0.3) is 0 Å². The Hall–Kier alpha value is -2.12. The molecular formula is C19H27N5O2. The molecule has 2 fully saturated rings. The number of hydrogen-bond acceptors (Lipinski definition) is 4. The van der Waals surface area contributed by atoms with Crippen molar-refractivity contribution in [3.63, 3.8) is 0 Å². The number of aromatic amines is 1. The lowest BCUT2D eigenvalue weighted by atomic mass is 10.1. The van der Waals surface area contributed by atoms with Crippen molar-refractivity contribution < 1.29 is 9.53 Å². The summed E-state index contributed by atoms with van der Waals surface area (Å²) in [5.41, 5.74) is 2.83. The third-order valence-electron chi connectivity index (χ3n) is 5.65. The van der Waals surface area contributed by atoms with Crippen LogP contribution >= 0.6 is 0 Å². The maximum Gasteiger partial charge on any atom is 0.322 e. The zero-order valence-corrected chi connectivity index (χ0v) is 15.5. The average Bonchev–Trinajstić information content (AvgIpc) is 3.35. The second kappa shape index (κ2) is 7.25. The molecule has 1 aromatic carbocycles. The van der Waals surface area contributed by atoms with Crippen LogP contribution < -0.4 is 5.32 Å². The summed E-state index contributed by atoms with van der Waals surface area (Å²) in [4.78, 5) is 17.4. The number of fused-ring (bicyclic) bond motifs is 1. The van der Waals surface area contributed by atoms with E-state index in [0.29, 0.717) is 6.54 Å². The van der Waals surface area contributed by atoms with Crippen molar-refractivity contribution in [3.05, 3.63) is 23.9 Å². The molecule has 2 aromatic rings. The van der Waals surface area contributed by atoms with E-state index < -0.39 is 0 Å². The fourth-order valence-corrected chi connectivity index (χ4v) is 4.23. The van der Waals surface area contributed by atoms with Gasteiger partial charge in [-0.1, -0.05) is 0 Å². The number of aryl methyl sites for hydroxylation is 1. The van der Waals surface area contributed by atoms with Crippen LogP contribution in [0.25, 0.3) is 10.9 Å². The summed E-state index contributed by atoms with van der Waals surface area (Å²) in [6.07, 6.45) is 5.35. The standard InChI is InChI=1S/C19H27N5O2/c1-13-7-14(8-18-17(13)10-20-22-18)21-19(25)24-12-16(26-2)9-15(24)11-23-5-3-4-6-23/h7-8,10,15-16H,3-6,9,11-12H2,1-2H3,(H,20,22)(H,21,25)/t15-,16-/m0/s1. The minimum atomic E-state index is -0.0491. The van der Waals surface area contributed by atoms with Gasteiger partial charge in [-0.05, 0) is 57.0 Å². The van der Waals surface area contributed by atoms with Crippen LogP contribution in [0.2, 0.25) is 0 Å². The van der Waals surface area contributed by atoms with Gasteiger partial charge < -0.3 is 19.9 Å². The Kier molecular flexibility index (Phi) is 4.82. The summed E-state index contributed by atoms with van der Waals surface area (Å²) in [7, 11) is 1.73. The molecule has 26 heavy (non-hydrogen) atoms. The van der Waals surface area contributed by atoms with Gasteiger partial charge in [-0.3, -0.25) is 5.10 Å². The molecule has 2 atom stereocenters. The van der Waals surface area contributed by atoms with Crippen molar-refractivity contribution in [1.29, 1.82) is 0 Å². The smallest absolute Gasteiger partial charge is 0.322 e. The zero-order valence-electron chi connectivity index (χ0n) is 15.5. The summed E-state index contributed by atoms with van der Waals surface area (Å²) in [6.45, 7) is 5.89. The topological polar surface area (TPSA) is 73.5 Å². The number of nitrogens with zero attached hydrogens (tertiary/aromatic N) is 3. The summed E-state index contributed by atoms with van der Waals surface area (Å²) < 4.78 is 5.55. The quantitative estimate of drug-likeness (QED) is 0.882. The van der Waals surface area contributed by atoms with E-state index in [2.05, 4.69) is 20.4 Å². The maximum absolute atomic E-state index is 13.0. The van der Waals surface area contributed by atoms with Gasteiger partial charge in [-0.15, -0.1) is 0 Å². The SMILES string of the molecule is CO[C@H]1C[C@@H](CN2CCCC2)N(C(=O)Nc2cc(C)c3cn[nH]c3c2)C1. The van der Waals surface area contributed by atoms with Gasteiger partial charge in [-0.25, -0.2) is 4.79 Å². The molecular weight excluding hydrogens is 330 g/mol. The van der Waals surface area contributed by atoms with Crippen LogP contribution in [0.1, 0.15) is 24.8 Å². The number of anilines is 1. The van der Waals surface area contributed by atoms with E-state index in [4.69, 9.17) is 4.74 Å². The number of ether oxygens (including phenoxy) is 1. The lowest BCUT2D eigenvalue weighted by Crippen LogP contribution is -2.44. The Morgan fingerprint density at radius 2 is 2.19 bits per heavy atom. The van der Waals surface area contributed by atoms with Gasteiger partial charge in [0.2, 0.25) is 0 Å². The van der Waals surface area contributed by atoms with Crippen LogP contribution in [0.15, 0.2) is 18.3 Å². The Morgan fingerprint density at radius 1 is 1.38 bits per heavy atom. The highest BCUT2D eigenvalue weighted by Crippen LogP contribution is 2.25. The molecule has 0 bridgehead atoms. The first-order chi connectivity index (χ1) is 12.6. The molecule has 0 saturated carbocycles. The predicted octanol–water partition coefficient (Wildman–Crippen LogP) is 2.59. The van der Waals surface area contributed by atoms with Gasteiger partial charge in [0.15, 0.2) is 0 Å². The molecule has 2 saturated heterocycles. The number of aromatic nitrogens is 2. The molecule has 2 aliphatic heterocycles. The summed E-state index contributed by atoms with van der Waals surface area (Å²) in [5, 5.41) is 11.2. The first-order valence-electron chi connectivity index (χ1n) is 9.40. The number of rotatable bonds is 4. The number of methoxy groups -OCH3 is 1. The number of benzene rings is 1. The number of carbonyl (C=O) groups excluding carboxylic acids is 1. The van der Waals surface area contributed by atoms with Crippen molar-refractivity contribution >= 4 is 22.6 Å². The third-order valence-corrected chi connectivity index (χ3v) is 5.65. The number of hydrogen-bond donors (Lipinski definition) is 2. The van der Waals surface area contributed by atoms with Crippen molar-refractivity contribution in [2.45, 2.75) is 38.3 Å². The summed E-state index contributed by atoms with van der Waals surface area (Å²) in [6, 6.07) is 4.09. The Balaban J connectivity index is 1.48. The van der Waals surface area contributed by atoms with Crippen LogP contribution in [0.5, 0.6) is 0 Å². The molecule has 140 valence electrons. The zero-order chi connectivity index (χ0) is 18.1. The van der Waals surface area contributed by atoms with Gasteiger partial charge in [0.1, 0.15) is 0 Å². The molecule has 0 aliphatic carbocycles. The lowest BCUT2D eigenvalue weighted by molar-refractivity contribution is 0.111. The van der Waals surface area contributed by atoms with E-state index in [9.17, 15) is 4.79 Å². The molecule has 0 spiro atoms.